The van der Waals surface area contributed by atoms with Crippen LogP contribution in [0, 0.1) is 5.82 Å². The molecule has 2 aliphatic carbocycles. The number of halogens is 1. The quantitative estimate of drug-likeness (QED) is 0.172. The predicted molar refractivity (Wildman–Crippen MR) is 196 cm³/mol. The summed E-state index contributed by atoms with van der Waals surface area (Å²) >= 11 is 0. The molecular weight excluding hydrogens is 664 g/mol. The number of benzene rings is 4. The summed E-state index contributed by atoms with van der Waals surface area (Å²) in [6, 6.07) is 28.5. The molecule has 2 amide bonds. The fraction of sp³-hybridized carbons (Fsp3) is 0.300. The third kappa shape index (κ3) is 5.83. The van der Waals surface area contributed by atoms with Crippen molar-refractivity contribution >= 4 is 21.6 Å². The van der Waals surface area contributed by atoms with Crippen LogP contribution in [0.25, 0.3) is 0 Å². The van der Waals surface area contributed by atoms with E-state index in [1.165, 1.54) is 6.20 Å². The van der Waals surface area contributed by atoms with E-state index in [1.54, 1.807) is 4.68 Å². The van der Waals surface area contributed by atoms with Crippen molar-refractivity contribution in [3.05, 3.63) is 142 Å². The Bertz CT molecular complexity index is 2080. The summed E-state index contributed by atoms with van der Waals surface area (Å²) in [4.78, 5) is 16.6. The molecule has 0 fully saturated rings. The van der Waals surface area contributed by atoms with Crippen molar-refractivity contribution in [1.82, 2.24) is 19.4 Å². The highest BCUT2D eigenvalue weighted by Crippen LogP contribution is 2.43. The van der Waals surface area contributed by atoms with E-state index < -0.39 is 21.5 Å². The van der Waals surface area contributed by atoms with Crippen LogP contribution in [0.2, 0.25) is 0 Å². The topological polar surface area (TPSA) is 101 Å². The first-order valence-electron chi connectivity index (χ1n) is 17.5. The lowest BCUT2D eigenvalue weighted by Crippen LogP contribution is -2.48. The van der Waals surface area contributed by atoms with Gasteiger partial charge in [-0.15, -0.1) is 4.36 Å². The van der Waals surface area contributed by atoms with Gasteiger partial charge in [0.25, 0.3) is 0 Å². The van der Waals surface area contributed by atoms with Crippen LogP contribution in [-0.4, -0.2) is 51.7 Å². The van der Waals surface area contributed by atoms with E-state index in [4.69, 9.17) is 4.74 Å². The number of anilines is 1. The molecule has 1 unspecified atom stereocenters. The van der Waals surface area contributed by atoms with E-state index in [1.807, 2.05) is 105 Å². The molecule has 8 rings (SSSR count). The number of hydrogen-bond acceptors (Lipinski definition) is 5. The summed E-state index contributed by atoms with van der Waals surface area (Å²) in [6.07, 6.45) is 5.73. The summed E-state index contributed by atoms with van der Waals surface area (Å²) in [7, 11) is 0.0594. The second-order valence-electron chi connectivity index (χ2n) is 13.7. The highest BCUT2D eigenvalue weighted by molar-refractivity contribution is 7.92. The maximum absolute atomic E-state index is 16.1. The van der Waals surface area contributed by atoms with Crippen LogP contribution in [0.3, 0.4) is 0 Å². The van der Waals surface area contributed by atoms with Gasteiger partial charge < -0.3 is 15.0 Å². The van der Waals surface area contributed by atoms with Crippen molar-refractivity contribution in [3.63, 3.8) is 0 Å². The number of urea groups is 1. The minimum absolute atomic E-state index is 0.0502. The molecule has 262 valence electrons. The molecule has 51 heavy (non-hydrogen) atoms. The first-order chi connectivity index (χ1) is 24.8. The van der Waals surface area contributed by atoms with E-state index >= 15 is 8.60 Å². The lowest BCUT2D eigenvalue weighted by Gasteiger charge is -2.37. The van der Waals surface area contributed by atoms with Gasteiger partial charge in [-0.1, -0.05) is 91.0 Å². The number of nitrogens with one attached hydrogen (secondary N) is 2. The Morgan fingerprint density at radius 2 is 1.37 bits per heavy atom. The number of nitrogens with zero attached hydrogens (tertiary/aromatic N) is 4. The summed E-state index contributed by atoms with van der Waals surface area (Å²) in [5.74, 6) is 0.169. The minimum Gasteiger partial charge on any atom is -0.475 e. The molecule has 0 saturated heterocycles. The molecule has 5 aromatic rings. The Morgan fingerprint density at radius 3 is 1.88 bits per heavy atom. The number of hydrogen-bond donors (Lipinski definition) is 2. The minimum atomic E-state index is -3.89. The molecule has 3 aliphatic rings. The van der Waals surface area contributed by atoms with Gasteiger partial charge in [-0.3, -0.25) is 0 Å². The molecule has 11 heteroatoms. The van der Waals surface area contributed by atoms with Crippen LogP contribution >= 0.6 is 0 Å². The van der Waals surface area contributed by atoms with E-state index in [2.05, 4.69) is 24.4 Å². The molecule has 0 radical (unpaired) electrons. The molecule has 2 heterocycles. The van der Waals surface area contributed by atoms with Gasteiger partial charge in [0.1, 0.15) is 22.9 Å². The number of aromatic nitrogens is 2. The number of likely N-dealkylation sites (N-methyl/N-ethyl adjacent to an activating group) is 1. The van der Waals surface area contributed by atoms with Crippen LogP contribution in [0.1, 0.15) is 51.8 Å². The molecule has 2 atom stereocenters. The standard InChI is InChI=1S/C40H41FN6O3S/c1-46(2)30-25-47-38(50-26-30)35(24-42-47)51(49,44-39(48)43-37-33-22-12-20-31(33)36(41)32-21-13-23-34(32)37)45-40(27-14-6-3-7-15-27,28-16-8-4-9-17-28)29-18-10-5-11-19-29/h3-11,14-19,24,30H,12-13,20-23,25-26H2,1-2H3,(H2,43,44,45,48,49)/t30-,51?/m0/s1. The van der Waals surface area contributed by atoms with Gasteiger partial charge in [0.05, 0.1) is 18.8 Å². The van der Waals surface area contributed by atoms with Crippen LogP contribution < -0.4 is 14.8 Å². The van der Waals surface area contributed by atoms with Crippen LogP contribution in [0.4, 0.5) is 14.9 Å². The summed E-state index contributed by atoms with van der Waals surface area (Å²) in [5, 5.41) is 7.64. The number of carbonyl (C=O) groups excluding carboxylic acids is 1. The van der Waals surface area contributed by atoms with Crippen molar-refractivity contribution in [1.29, 1.82) is 0 Å². The summed E-state index contributed by atoms with van der Waals surface area (Å²) < 4.78 is 47.6. The van der Waals surface area contributed by atoms with Crippen molar-refractivity contribution in [2.24, 2.45) is 4.36 Å². The highest BCUT2D eigenvalue weighted by Gasteiger charge is 2.42. The van der Waals surface area contributed by atoms with E-state index in [9.17, 15) is 4.79 Å². The summed E-state index contributed by atoms with van der Waals surface area (Å²) in [6.45, 7) is 0.863. The van der Waals surface area contributed by atoms with Crippen LogP contribution in [0.5, 0.6) is 5.88 Å². The molecule has 1 aromatic heterocycles. The molecule has 0 bridgehead atoms. The zero-order valence-electron chi connectivity index (χ0n) is 28.8. The predicted octanol–water partition coefficient (Wildman–Crippen LogP) is 6.88. The Hall–Kier alpha value is -4.84. The third-order valence-corrected chi connectivity index (χ3v) is 12.4. The van der Waals surface area contributed by atoms with Gasteiger partial charge in [-0.25, -0.2) is 22.8 Å². The lowest BCUT2D eigenvalue weighted by atomic mass is 9.78. The average Bonchev–Trinajstić information content (AvgIpc) is 3.94. The largest absolute Gasteiger partial charge is 0.475 e. The average molecular weight is 705 g/mol. The maximum Gasteiger partial charge on any atom is 0.354 e. The van der Waals surface area contributed by atoms with Gasteiger partial charge in [-0.05, 0) is 91.6 Å². The van der Waals surface area contributed by atoms with Crippen LogP contribution in [0.15, 0.2) is 106 Å². The first kappa shape index (κ1) is 33.3. The Morgan fingerprint density at radius 1 is 0.863 bits per heavy atom. The molecular formula is C40H41FN6O3S. The molecule has 0 saturated carbocycles. The van der Waals surface area contributed by atoms with Crippen molar-refractivity contribution < 1.29 is 18.1 Å². The van der Waals surface area contributed by atoms with E-state index in [0.29, 0.717) is 61.5 Å². The van der Waals surface area contributed by atoms with E-state index in [0.717, 1.165) is 40.7 Å². The molecule has 9 nitrogen and oxygen atoms in total. The number of carbonyl (C=O) groups is 1. The van der Waals surface area contributed by atoms with Gasteiger partial charge in [0.15, 0.2) is 9.92 Å². The number of fused-ring (bicyclic) bond motifs is 3. The zero-order chi connectivity index (χ0) is 35.2. The Labute approximate surface area is 298 Å². The maximum atomic E-state index is 16.1. The highest BCUT2D eigenvalue weighted by atomic mass is 32.2. The Kier molecular flexibility index (Phi) is 8.73. The normalized spacial score (nSPS) is 17.6. The monoisotopic (exact) mass is 704 g/mol. The number of rotatable bonds is 8. The molecule has 2 N–H and O–H groups in total. The second kappa shape index (κ2) is 13.4. The van der Waals surface area contributed by atoms with Gasteiger partial charge in [0.2, 0.25) is 5.88 Å². The van der Waals surface area contributed by atoms with Gasteiger partial charge >= 0.3 is 6.03 Å². The first-order valence-corrected chi connectivity index (χ1v) is 19.0. The lowest BCUT2D eigenvalue weighted by molar-refractivity contribution is 0.117. The number of ether oxygens (including phenoxy) is 1. The fourth-order valence-electron chi connectivity index (χ4n) is 7.92. The SMILES string of the molecule is CN(C)[C@@H]1COc2c(S(=O)(=NC(=O)Nc3c4c(c(F)c5c3CCC5)CCC4)NC(c3ccccc3)(c3ccccc3)c3ccccc3)cnn2C1. The van der Waals surface area contributed by atoms with Gasteiger partial charge in [-0.2, -0.15) is 5.10 Å². The van der Waals surface area contributed by atoms with Crippen molar-refractivity contribution in [2.45, 2.75) is 61.5 Å². The van der Waals surface area contributed by atoms with E-state index in [-0.39, 0.29) is 16.8 Å². The van der Waals surface area contributed by atoms with Crippen LogP contribution in [-0.2, 0) is 47.7 Å². The summed E-state index contributed by atoms with van der Waals surface area (Å²) in [5.41, 5.74) is 4.78. The van der Waals surface area contributed by atoms with Crippen molar-refractivity contribution in [2.75, 3.05) is 26.0 Å². The van der Waals surface area contributed by atoms with Gasteiger partial charge in [0, 0.05) is 5.69 Å². The molecule has 1 aliphatic heterocycles. The van der Waals surface area contributed by atoms with Crippen molar-refractivity contribution in [3.8, 4) is 5.88 Å². The third-order valence-electron chi connectivity index (χ3n) is 10.5. The fourth-order valence-corrected chi connectivity index (χ4v) is 9.82. The number of amides is 2. The Balaban J connectivity index is 1.33. The molecule has 0 spiro atoms. The zero-order valence-corrected chi connectivity index (χ0v) is 29.6. The molecule has 4 aromatic carbocycles. The smallest absolute Gasteiger partial charge is 0.354 e. The second-order valence-corrected chi connectivity index (χ2v) is 15.6.